The van der Waals surface area contributed by atoms with Crippen LogP contribution in [0.2, 0.25) is 0 Å². The fourth-order valence-corrected chi connectivity index (χ4v) is 2.46. The molecular formula is C17H32O4. The number of carboxylic acid groups (broad SMARTS) is 1. The third-order valence-corrected chi connectivity index (χ3v) is 3.91. The van der Waals surface area contributed by atoms with Gasteiger partial charge in [0.15, 0.2) is 0 Å². The summed E-state index contributed by atoms with van der Waals surface area (Å²) in [5.74, 6) is -0.999. The molecule has 0 rings (SSSR count). The molecule has 4 heteroatoms. The minimum Gasteiger partial charge on any atom is -0.481 e. The van der Waals surface area contributed by atoms with Gasteiger partial charge in [-0.05, 0) is 18.8 Å². The second kappa shape index (κ2) is 10.6. The van der Waals surface area contributed by atoms with Crippen molar-refractivity contribution in [2.75, 3.05) is 6.61 Å². The Morgan fingerprint density at radius 2 is 1.71 bits per heavy atom. The van der Waals surface area contributed by atoms with Crippen LogP contribution >= 0.6 is 0 Å². The predicted octanol–water partition coefficient (Wildman–Crippen LogP) is 4.42. The minimum absolute atomic E-state index is 0.131. The molecule has 0 amide bonds. The maximum atomic E-state index is 12.4. The maximum absolute atomic E-state index is 12.4. The Balaban J connectivity index is 4.65. The predicted molar refractivity (Wildman–Crippen MR) is 84.1 cm³/mol. The molecule has 0 aliphatic carbocycles. The molecule has 1 unspecified atom stereocenters. The third-order valence-electron chi connectivity index (χ3n) is 3.91. The Hall–Kier alpha value is -1.06. The summed E-state index contributed by atoms with van der Waals surface area (Å²) in [5.41, 5.74) is -0.854. The topological polar surface area (TPSA) is 63.6 Å². The molecule has 0 saturated heterocycles. The van der Waals surface area contributed by atoms with Crippen molar-refractivity contribution in [1.29, 1.82) is 0 Å². The van der Waals surface area contributed by atoms with Crippen molar-refractivity contribution >= 4 is 11.9 Å². The molecule has 21 heavy (non-hydrogen) atoms. The fourth-order valence-electron chi connectivity index (χ4n) is 2.46. The van der Waals surface area contributed by atoms with E-state index in [0.29, 0.717) is 19.4 Å². The molecule has 0 aliphatic heterocycles. The van der Waals surface area contributed by atoms with Gasteiger partial charge in [-0.1, -0.05) is 59.8 Å². The molecule has 0 aromatic rings. The van der Waals surface area contributed by atoms with E-state index < -0.39 is 11.4 Å². The van der Waals surface area contributed by atoms with Crippen molar-refractivity contribution < 1.29 is 19.4 Å². The van der Waals surface area contributed by atoms with E-state index in [4.69, 9.17) is 9.84 Å². The highest BCUT2D eigenvalue weighted by atomic mass is 16.5. The molecule has 0 spiro atoms. The summed E-state index contributed by atoms with van der Waals surface area (Å²) in [6.45, 7) is 8.34. The van der Waals surface area contributed by atoms with Crippen molar-refractivity contribution in [2.45, 2.75) is 79.1 Å². The van der Waals surface area contributed by atoms with Crippen molar-refractivity contribution in [1.82, 2.24) is 0 Å². The molecule has 0 radical (unpaired) electrons. The van der Waals surface area contributed by atoms with Gasteiger partial charge in [-0.25, -0.2) is 0 Å². The summed E-state index contributed by atoms with van der Waals surface area (Å²) in [7, 11) is 0. The van der Waals surface area contributed by atoms with Gasteiger partial charge in [0.1, 0.15) is 0 Å². The van der Waals surface area contributed by atoms with E-state index in [1.807, 2.05) is 20.8 Å². The van der Waals surface area contributed by atoms with Crippen LogP contribution in [0.5, 0.6) is 0 Å². The minimum atomic E-state index is -0.924. The molecule has 0 saturated carbocycles. The van der Waals surface area contributed by atoms with Crippen molar-refractivity contribution in [2.24, 2.45) is 11.3 Å². The van der Waals surface area contributed by atoms with Gasteiger partial charge in [0.25, 0.3) is 0 Å². The first kappa shape index (κ1) is 19.9. The number of aliphatic carboxylic acids is 1. The Labute approximate surface area is 129 Å². The summed E-state index contributed by atoms with van der Waals surface area (Å²) in [6, 6.07) is 0. The first-order valence-corrected chi connectivity index (χ1v) is 8.27. The van der Waals surface area contributed by atoms with Gasteiger partial charge >= 0.3 is 11.9 Å². The van der Waals surface area contributed by atoms with Crippen LogP contribution < -0.4 is 0 Å². The van der Waals surface area contributed by atoms with Gasteiger partial charge in [-0.3, -0.25) is 9.59 Å². The first-order chi connectivity index (χ1) is 9.88. The molecule has 0 aliphatic rings. The molecule has 1 atom stereocenters. The van der Waals surface area contributed by atoms with Crippen LogP contribution in [-0.4, -0.2) is 23.7 Å². The van der Waals surface area contributed by atoms with Crippen LogP contribution in [0.25, 0.3) is 0 Å². The van der Waals surface area contributed by atoms with Gasteiger partial charge in [0.2, 0.25) is 0 Å². The molecule has 124 valence electrons. The van der Waals surface area contributed by atoms with Crippen molar-refractivity contribution in [3.8, 4) is 0 Å². The van der Waals surface area contributed by atoms with E-state index in [-0.39, 0.29) is 18.3 Å². The van der Waals surface area contributed by atoms with Gasteiger partial charge < -0.3 is 9.84 Å². The summed E-state index contributed by atoms with van der Waals surface area (Å²) in [5, 5.41) is 9.14. The summed E-state index contributed by atoms with van der Waals surface area (Å²) in [6.07, 6.45) is 6.43. The maximum Gasteiger partial charge on any atom is 0.312 e. The fraction of sp³-hybridized carbons (Fsp3) is 0.882. The lowest BCUT2D eigenvalue weighted by atomic mass is 9.77. The van der Waals surface area contributed by atoms with E-state index in [1.165, 1.54) is 12.8 Å². The van der Waals surface area contributed by atoms with Crippen LogP contribution in [0.3, 0.4) is 0 Å². The lowest BCUT2D eigenvalue weighted by Gasteiger charge is -2.29. The number of carbonyl (C=O) groups excluding carboxylic acids is 1. The molecular weight excluding hydrogens is 268 g/mol. The highest BCUT2D eigenvalue weighted by Gasteiger charge is 2.40. The van der Waals surface area contributed by atoms with E-state index >= 15 is 0 Å². The van der Waals surface area contributed by atoms with Crippen LogP contribution in [0, 0.1) is 11.3 Å². The molecule has 0 aromatic heterocycles. The Morgan fingerprint density at radius 1 is 1.10 bits per heavy atom. The van der Waals surface area contributed by atoms with Gasteiger partial charge in [0.05, 0.1) is 18.4 Å². The normalized spacial score (nSPS) is 14.0. The highest BCUT2D eigenvalue weighted by molar-refractivity contribution is 5.82. The number of ether oxygens (including phenoxy) is 1. The SMILES string of the molecule is CCCCCCCC(CC)(CC(=O)O)C(=O)OCC(C)C. The first-order valence-electron chi connectivity index (χ1n) is 8.27. The van der Waals surface area contributed by atoms with Crippen LogP contribution in [0.1, 0.15) is 79.1 Å². The largest absolute Gasteiger partial charge is 0.481 e. The Bertz CT molecular complexity index is 312. The smallest absolute Gasteiger partial charge is 0.312 e. The van der Waals surface area contributed by atoms with Gasteiger partial charge in [-0.15, -0.1) is 0 Å². The number of carbonyl (C=O) groups is 2. The van der Waals surface area contributed by atoms with E-state index in [1.54, 1.807) is 0 Å². The van der Waals surface area contributed by atoms with Crippen molar-refractivity contribution in [3.63, 3.8) is 0 Å². The number of rotatable bonds is 12. The molecule has 0 bridgehead atoms. The average Bonchev–Trinajstić information content (AvgIpc) is 2.42. The van der Waals surface area contributed by atoms with E-state index in [0.717, 1.165) is 19.3 Å². The lowest BCUT2D eigenvalue weighted by molar-refractivity contribution is -0.163. The zero-order chi connectivity index (χ0) is 16.3. The molecule has 1 N–H and O–H groups in total. The Morgan fingerprint density at radius 3 is 2.19 bits per heavy atom. The van der Waals surface area contributed by atoms with Gasteiger partial charge in [0, 0.05) is 0 Å². The number of esters is 1. The van der Waals surface area contributed by atoms with Gasteiger partial charge in [-0.2, -0.15) is 0 Å². The van der Waals surface area contributed by atoms with Crippen molar-refractivity contribution in [3.05, 3.63) is 0 Å². The molecule has 0 aromatic carbocycles. The summed E-state index contributed by atoms with van der Waals surface area (Å²) >= 11 is 0. The average molecular weight is 300 g/mol. The van der Waals surface area contributed by atoms with Crippen LogP contribution in [-0.2, 0) is 14.3 Å². The molecule has 0 fully saturated rings. The Kier molecular flexibility index (Phi) is 10.1. The van der Waals surface area contributed by atoms with E-state index in [9.17, 15) is 9.59 Å². The zero-order valence-electron chi connectivity index (χ0n) is 14.1. The lowest BCUT2D eigenvalue weighted by Crippen LogP contribution is -2.35. The summed E-state index contributed by atoms with van der Waals surface area (Å²) < 4.78 is 5.34. The third kappa shape index (κ3) is 8.08. The highest BCUT2D eigenvalue weighted by Crippen LogP contribution is 2.35. The monoisotopic (exact) mass is 300 g/mol. The number of unbranched alkanes of at least 4 members (excludes halogenated alkanes) is 4. The van der Waals surface area contributed by atoms with E-state index in [2.05, 4.69) is 6.92 Å². The number of hydrogen-bond donors (Lipinski definition) is 1. The van der Waals surface area contributed by atoms with Crippen LogP contribution in [0.4, 0.5) is 0 Å². The second-order valence-corrected chi connectivity index (χ2v) is 6.36. The summed E-state index contributed by atoms with van der Waals surface area (Å²) in [4.78, 5) is 23.5. The number of hydrogen-bond acceptors (Lipinski definition) is 3. The zero-order valence-corrected chi connectivity index (χ0v) is 14.1. The molecule has 0 heterocycles. The number of carboxylic acids is 1. The second-order valence-electron chi connectivity index (χ2n) is 6.36. The quantitative estimate of drug-likeness (QED) is 0.428. The molecule has 4 nitrogen and oxygen atoms in total. The van der Waals surface area contributed by atoms with Crippen LogP contribution in [0.15, 0.2) is 0 Å². The standard InChI is InChI=1S/C17H32O4/c1-5-7-8-9-10-11-17(6-2,12-15(18)19)16(20)21-13-14(3)4/h14H,5-13H2,1-4H3,(H,18,19).